The van der Waals surface area contributed by atoms with Crippen LogP contribution in [0.2, 0.25) is 0 Å². The molecule has 0 aliphatic rings. The van der Waals surface area contributed by atoms with E-state index in [2.05, 4.69) is 242 Å². The minimum Gasteiger partial charge on any atom is -0.423 e. The predicted molar refractivity (Wildman–Crippen MR) is 503 cm³/mol. The number of rotatable bonds is 10. The molecule has 0 atom stereocenters. The van der Waals surface area contributed by atoms with Crippen LogP contribution in [0, 0.1) is 20.2 Å². The van der Waals surface area contributed by atoms with Crippen LogP contribution >= 0.6 is 75.3 Å². The maximum Gasteiger partial charge on any atom is 0.495 e. The van der Waals surface area contributed by atoms with E-state index in [0.29, 0.717) is 20.5 Å². The molecule has 0 aliphatic carbocycles. The first-order chi connectivity index (χ1) is 58.4. The summed E-state index contributed by atoms with van der Waals surface area (Å²) >= 11 is 18.5. The second kappa shape index (κ2) is 40.7. The maximum absolute atomic E-state index is 12.6. The number of pyridine rings is 4. The van der Waals surface area contributed by atoms with Gasteiger partial charge in [-0.3, -0.25) is 29.8 Å². The first-order valence-electron chi connectivity index (χ1n) is 37.3. The van der Waals surface area contributed by atoms with Gasteiger partial charge in [-0.05, 0) is 197 Å². The fourth-order valence-electron chi connectivity index (χ4n) is 13.6. The van der Waals surface area contributed by atoms with Crippen molar-refractivity contribution in [3.05, 3.63) is 432 Å². The summed E-state index contributed by atoms with van der Waals surface area (Å²) in [6.07, 6.45) is 0. The number of fused-ring (bicyclic) bond motifs is 9. The predicted octanol–water partition coefficient (Wildman–Crippen LogP) is 25.9. The second-order valence-corrected chi connectivity index (χ2v) is 30.2. The summed E-state index contributed by atoms with van der Waals surface area (Å²) in [6.45, 7) is 0. The van der Waals surface area contributed by atoms with Gasteiger partial charge in [0.25, 0.3) is 22.5 Å². The topological polar surface area (TPSA) is 250 Å². The summed E-state index contributed by atoms with van der Waals surface area (Å²) < 4.78 is 3.22. The van der Waals surface area contributed by atoms with Gasteiger partial charge < -0.3 is 21.1 Å². The number of nitro benzene ring substituents is 2. The SMILES string of the molecule is Brc1cccc(-c2nc3ccccc3c3c2ccc2ccccc23)n1.Brc1cccc2ccccc12.Nc1ccccc1-c1cccc2ccccc12.O=C(Cl)c1cccc(Br)n1.O=C(Nc1ccccc1-c1cccc2ccccc12)c1cccc(Br)n1.O=[N+]([O-])c1ccccc1-c1cccc2ccccc12.O=[N+]([O-])c1ccccc1B(O)O. The Morgan fingerprint density at radius 3 is 1.27 bits per heavy atom. The van der Waals surface area contributed by atoms with E-state index in [1.807, 2.05) is 146 Å². The summed E-state index contributed by atoms with van der Waals surface area (Å²) in [6, 6.07) is 123. The maximum atomic E-state index is 12.6. The Labute approximate surface area is 728 Å². The minimum absolute atomic E-state index is 0.0949. The monoisotopic (exact) mass is 1850 g/mol. The van der Waals surface area contributed by atoms with Crippen molar-refractivity contribution in [2.75, 3.05) is 11.1 Å². The lowest BCUT2D eigenvalue weighted by Crippen LogP contribution is -2.31. The third-order valence-corrected chi connectivity index (χ3v) is 21.2. The number of hydrogen-bond acceptors (Lipinski definition) is 13. The number of anilines is 2. The molecular weight excluding hydrogens is 1780 g/mol. The van der Waals surface area contributed by atoms with Crippen LogP contribution in [0.25, 0.3) is 120 Å². The number of nitrogens with zero attached hydrogens (tertiary/aromatic N) is 6. The number of para-hydroxylation sites is 5. The number of aromatic nitrogens is 4. The molecule has 0 spiro atoms. The summed E-state index contributed by atoms with van der Waals surface area (Å²) in [5.74, 6) is -0.237. The van der Waals surface area contributed by atoms with Crippen molar-refractivity contribution in [2.45, 2.75) is 0 Å². The number of nitro groups is 2. The highest BCUT2D eigenvalue weighted by Crippen LogP contribution is 2.40. The van der Waals surface area contributed by atoms with Crippen LogP contribution in [-0.4, -0.2) is 58.1 Å². The molecule has 19 aromatic rings. The van der Waals surface area contributed by atoms with Gasteiger partial charge in [0, 0.05) is 55.3 Å². The zero-order valence-corrected chi connectivity index (χ0v) is 70.5. The molecule has 0 fully saturated rings. The van der Waals surface area contributed by atoms with Crippen molar-refractivity contribution in [2.24, 2.45) is 0 Å². The van der Waals surface area contributed by atoms with Gasteiger partial charge in [0.1, 0.15) is 25.2 Å². The molecule has 1 amide bonds. The normalized spacial score (nSPS) is 10.5. The molecule has 120 heavy (non-hydrogen) atoms. The van der Waals surface area contributed by atoms with E-state index in [-0.39, 0.29) is 33.4 Å². The molecule has 0 saturated carbocycles. The Bertz CT molecular complexity index is 6940. The average molecular weight is 1850 g/mol. The highest BCUT2D eigenvalue weighted by atomic mass is 79.9. The summed E-state index contributed by atoms with van der Waals surface area (Å²) in [5.41, 5.74) is 16.7. The van der Waals surface area contributed by atoms with Crippen LogP contribution in [0.4, 0.5) is 22.7 Å². The number of hydrogen-bond donors (Lipinski definition) is 4. The summed E-state index contributed by atoms with van der Waals surface area (Å²) in [5, 5.41) is 56.8. The Morgan fingerprint density at radius 1 is 0.350 bits per heavy atom. The quantitative estimate of drug-likeness (QED) is 0.0189. The van der Waals surface area contributed by atoms with E-state index in [1.54, 1.807) is 48.5 Å². The van der Waals surface area contributed by atoms with E-state index in [4.69, 9.17) is 32.4 Å². The van der Waals surface area contributed by atoms with Gasteiger partial charge in [-0.2, -0.15) is 0 Å². The van der Waals surface area contributed by atoms with Crippen LogP contribution < -0.4 is 16.5 Å². The van der Waals surface area contributed by atoms with Gasteiger partial charge in [-0.25, -0.2) is 19.9 Å². The minimum atomic E-state index is -1.80. The zero-order valence-electron chi connectivity index (χ0n) is 63.4. The molecule has 0 saturated heterocycles. The molecule has 0 aliphatic heterocycles. The van der Waals surface area contributed by atoms with Crippen LogP contribution in [0.3, 0.4) is 0 Å². The lowest BCUT2D eigenvalue weighted by atomic mass is 9.79. The van der Waals surface area contributed by atoms with Crippen molar-refractivity contribution >= 4 is 197 Å². The molecule has 4 heterocycles. The smallest absolute Gasteiger partial charge is 0.423 e. The van der Waals surface area contributed by atoms with Gasteiger partial charge in [0.2, 0.25) is 0 Å². The van der Waals surface area contributed by atoms with Gasteiger partial charge in [-0.15, -0.1) is 0 Å². The average Bonchev–Trinajstić information content (AvgIpc) is 0.741. The number of halogens is 5. The molecule has 586 valence electrons. The molecule has 0 radical (unpaired) electrons. The second-order valence-electron chi connectivity index (χ2n) is 26.6. The molecule has 16 nitrogen and oxygen atoms in total. The molecule has 0 bridgehead atoms. The van der Waals surface area contributed by atoms with Crippen LogP contribution in [0.1, 0.15) is 21.0 Å². The van der Waals surface area contributed by atoms with Crippen LogP contribution in [-0.2, 0) is 0 Å². The standard InChI is InChI=1S/C22H15BrN2O.C22H13BrN2.C16H11NO2.C16H13N.C10H7Br.C6H6BNO4.C6H3BrClNO/c23-21-14-6-13-20(24-21)22(26)25-19-12-4-3-10-18(19)17-11-5-8-15-7-1-2-9-16(15)17;23-20-11-5-10-19(24-20)22-17-13-12-14-6-1-2-7-15(14)21(17)16-8-3-4-9-18(16)25-22;18-17(19)16-11-4-3-9-15(16)14-10-5-7-12-6-1-2-8-13(12)14;17-16-11-4-3-9-15(16)14-10-5-7-12-6-1-2-8-13(12)14;11-10-7-3-5-8-4-1-2-6-9(8)10;9-7(10)5-3-1-2-4-6(5)8(11)12;7-5-3-1-2-4(9-5)6(8)10/h1-14H,(H,25,26);1-13H;1-11H;1-11H,17H2;1-7H;1-4,9-10H;1-3H. The Kier molecular flexibility index (Phi) is 28.7. The van der Waals surface area contributed by atoms with Crippen molar-refractivity contribution in [3.8, 4) is 44.8 Å². The van der Waals surface area contributed by atoms with Gasteiger partial charge in [0.05, 0.1) is 37.8 Å². The number of nitrogens with two attached hydrogens (primary N) is 1. The Hall–Kier alpha value is -13.3. The molecular formula is C98H68BBr4ClN8O8. The van der Waals surface area contributed by atoms with Crippen molar-refractivity contribution in [1.29, 1.82) is 0 Å². The molecule has 5 N–H and O–H groups in total. The number of nitrogens with one attached hydrogen (secondary N) is 1. The fraction of sp³-hybridized carbons (Fsp3) is 0. The molecule has 0 unspecified atom stereocenters. The summed E-state index contributed by atoms with van der Waals surface area (Å²) in [4.78, 5) is 61.2. The van der Waals surface area contributed by atoms with E-state index in [0.717, 1.165) is 81.2 Å². The van der Waals surface area contributed by atoms with E-state index >= 15 is 0 Å². The highest BCUT2D eigenvalue weighted by molar-refractivity contribution is 9.11. The lowest BCUT2D eigenvalue weighted by molar-refractivity contribution is -0.384. The number of nitrogen functional groups attached to an aromatic ring is 1. The molecule has 19 rings (SSSR count). The Morgan fingerprint density at radius 2 is 0.742 bits per heavy atom. The summed E-state index contributed by atoms with van der Waals surface area (Å²) in [7, 11) is -1.80. The largest absolute Gasteiger partial charge is 0.495 e. The number of amides is 1. The molecule has 22 heteroatoms. The van der Waals surface area contributed by atoms with E-state index in [9.17, 15) is 29.8 Å². The Balaban J connectivity index is 0.000000124. The van der Waals surface area contributed by atoms with Crippen LogP contribution in [0.5, 0.6) is 0 Å². The number of carbonyl (C=O) groups excluding carboxylic acids is 2. The third-order valence-electron chi connectivity index (χ3n) is 19.0. The fourth-order valence-corrected chi connectivity index (χ4v) is 15.2. The first kappa shape index (κ1) is 84.6. The van der Waals surface area contributed by atoms with Crippen LogP contribution in [0.15, 0.2) is 400 Å². The lowest BCUT2D eigenvalue weighted by Gasteiger charge is -2.13. The molecule has 15 aromatic carbocycles. The van der Waals surface area contributed by atoms with Crippen molar-refractivity contribution in [3.63, 3.8) is 0 Å². The van der Waals surface area contributed by atoms with Gasteiger partial charge in [-0.1, -0.05) is 319 Å². The van der Waals surface area contributed by atoms with E-state index < -0.39 is 17.3 Å². The van der Waals surface area contributed by atoms with Crippen molar-refractivity contribution < 1.29 is 29.5 Å². The molecule has 4 aromatic heterocycles. The number of carbonyl (C=O) groups is 2. The highest BCUT2D eigenvalue weighted by Gasteiger charge is 2.23. The van der Waals surface area contributed by atoms with Crippen molar-refractivity contribution in [1.82, 2.24) is 19.9 Å². The zero-order chi connectivity index (χ0) is 84.0. The van der Waals surface area contributed by atoms with Gasteiger partial charge in [0.15, 0.2) is 0 Å². The first-order valence-corrected chi connectivity index (χ1v) is 40.9. The van der Waals surface area contributed by atoms with Gasteiger partial charge >= 0.3 is 7.12 Å². The van der Waals surface area contributed by atoms with E-state index in [1.165, 1.54) is 84.4 Å². The third kappa shape index (κ3) is 21.0. The number of benzene rings is 15.